The van der Waals surface area contributed by atoms with Crippen molar-refractivity contribution in [3.63, 3.8) is 0 Å². The molecule has 0 saturated heterocycles. The van der Waals surface area contributed by atoms with E-state index in [1.807, 2.05) is 13.0 Å². The molecule has 0 saturated carbocycles. The Kier molecular flexibility index (Phi) is 6.16. The average Bonchev–Trinajstić information content (AvgIpc) is 2.29. The molecule has 1 aromatic carbocycles. The number of nitrogens with zero attached hydrogens (tertiary/aromatic N) is 1. The van der Waals surface area contributed by atoms with Crippen LogP contribution in [0.3, 0.4) is 0 Å². The summed E-state index contributed by atoms with van der Waals surface area (Å²) in [5.74, 6) is -0.162. The molecule has 0 fully saturated rings. The first-order valence-electron chi connectivity index (χ1n) is 6.34. The number of unbranched alkanes of at least 4 members (excludes halogenated alkanes) is 1. The van der Waals surface area contributed by atoms with Crippen LogP contribution in [-0.2, 0) is 6.54 Å². The minimum Gasteiger partial charge on any atom is -0.329 e. The third-order valence-corrected chi connectivity index (χ3v) is 2.97. The number of nitrogens with two attached hydrogens (primary N) is 1. The van der Waals surface area contributed by atoms with Crippen LogP contribution in [0.15, 0.2) is 18.2 Å². The van der Waals surface area contributed by atoms with Crippen LogP contribution in [0.4, 0.5) is 4.39 Å². The topological polar surface area (TPSA) is 29.3 Å². The Bertz CT molecular complexity index is 339. The summed E-state index contributed by atoms with van der Waals surface area (Å²) in [5, 5.41) is 0. The van der Waals surface area contributed by atoms with Crippen molar-refractivity contribution in [1.29, 1.82) is 0 Å². The maximum atomic E-state index is 13.0. The van der Waals surface area contributed by atoms with E-state index < -0.39 is 0 Å². The largest absolute Gasteiger partial charge is 0.329 e. The first-order valence-corrected chi connectivity index (χ1v) is 6.34. The van der Waals surface area contributed by atoms with Gasteiger partial charge >= 0.3 is 0 Å². The third kappa shape index (κ3) is 4.84. The highest BCUT2D eigenvalue weighted by Gasteiger charge is 2.07. The second kappa shape index (κ2) is 7.41. The lowest BCUT2D eigenvalue weighted by molar-refractivity contribution is 0.268. The lowest BCUT2D eigenvalue weighted by atomic mass is 10.1. The van der Waals surface area contributed by atoms with Crippen LogP contribution in [0, 0.1) is 12.7 Å². The summed E-state index contributed by atoms with van der Waals surface area (Å²) in [6, 6.07) is 5.00. The second-order valence-corrected chi connectivity index (χ2v) is 4.49. The number of benzene rings is 1. The fraction of sp³-hybridized carbons (Fsp3) is 0.571. The Morgan fingerprint density at radius 3 is 2.65 bits per heavy atom. The minimum atomic E-state index is -0.162. The van der Waals surface area contributed by atoms with Gasteiger partial charge in [-0.3, -0.25) is 4.90 Å². The summed E-state index contributed by atoms with van der Waals surface area (Å²) >= 11 is 0. The highest BCUT2D eigenvalue weighted by atomic mass is 19.1. The summed E-state index contributed by atoms with van der Waals surface area (Å²) in [6.07, 6.45) is 2.36. The van der Waals surface area contributed by atoms with Gasteiger partial charge in [-0.15, -0.1) is 0 Å². The van der Waals surface area contributed by atoms with Gasteiger partial charge in [-0.05, 0) is 43.1 Å². The lowest BCUT2D eigenvalue weighted by Crippen LogP contribution is -2.30. The van der Waals surface area contributed by atoms with Crippen molar-refractivity contribution in [2.45, 2.75) is 33.2 Å². The van der Waals surface area contributed by atoms with Crippen molar-refractivity contribution < 1.29 is 4.39 Å². The van der Waals surface area contributed by atoms with Crippen molar-refractivity contribution in [2.24, 2.45) is 5.73 Å². The molecular weight excluding hydrogens is 215 g/mol. The van der Waals surface area contributed by atoms with Gasteiger partial charge in [-0.25, -0.2) is 4.39 Å². The van der Waals surface area contributed by atoms with Crippen LogP contribution in [0.25, 0.3) is 0 Å². The smallest absolute Gasteiger partial charge is 0.123 e. The molecule has 96 valence electrons. The number of hydrogen-bond acceptors (Lipinski definition) is 2. The van der Waals surface area contributed by atoms with E-state index in [2.05, 4.69) is 11.8 Å². The summed E-state index contributed by atoms with van der Waals surface area (Å²) in [4.78, 5) is 2.34. The fourth-order valence-corrected chi connectivity index (χ4v) is 1.91. The van der Waals surface area contributed by atoms with Gasteiger partial charge in [0.15, 0.2) is 0 Å². The predicted octanol–water partition coefficient (Wildman–Crippen LogP) is 2.69. The van der Waals surface area contributed by atoms with E-state index in [0.29, 0.717) is 6.54 Å². The summed E-state index contributed by atoms with van der Waals surface area (Å²) in [7, 11) is 0. The number of halogens is 1. The van der Waals surface area contributed by atoms with E-state index in [9.17, 15) is 4.39 Å². The average molecular weight is 238 g/mol. The molecule has 0 aliphatic carbocycles. The number of aryl methyl sites for hydroxylation is 1. The van der Waals surface area contributed by atoms with Crippen molar-refractivity contribution in [2.75, 3.05) is 19.6 Å². The van der Waals surface area contributed by atoms with Gasteiger partial charge in [-0.1, -0.05) is 19.4 Å². The fourth-order valence-electron chi connectivity index (χ4n) is 1.91. The molecule has 0 aliphatic heterocycles. The van der Waals surface area contributed by atoms with E-state index in [1.54, 1.807) is 6.07 Å². The quantitative estimate of drug-likeness (QED) is 0.791. The summed E-state index contributed by atoms with van der Waals surface area (Å²) < 4.78 is 13.0. The SMILES string of the molecule is CCCCN(CCN)Cc1ccc(F)cc1C. The highest BCUT2D eigenvalue weighted by molar-refractivity contribution is 5.26. The van der Waals surface area contributed by atoms with Gasteiger partial charge in [0, 0.05) is 19.6 Å². The van der Waals surface area contributed by atoms with Gasteiger partial charge in [0.1, 0.15) is 5.82 Å². The molecule has 0 atom stereocenters. The normalized spacial score (nSPS) is 11.1. The number of rotatable bonds is 7. The summed E-state index contributed by atoms with van der Waals surface area (Å²) in [5.41, 5.74) is 7.82. The molecule has 3 heteroatoms. The van der Waals surface area contributed by atoms with Crippen molar-refractivity contribution in [3.8, 4) is 0 Å². The Balaban J connectivity index is 2.64. The van der Waals surface area contributed by atoms with E-state index >= 15 is 0 Å². The van der Waals surface area contributed by atoms with Gasteiger partial charge in [0.25, 0.3) is 0 Å². The second-order valence-electron chi connectivity index (χ2n) is 4.49. The molecule has 0 radical (unpaired) electrons. The molecule has 0 spiro atoms. The van der Waals surface area contributed by atoms with Crippen molar-refractivity contribution in [1.82, 2.24) is 4.90 Å². The molecule has 0 aliphatic rings. The number of hydrogen-bond donors (Lipinski definition) is 1. The van der Waals surface area contributed by atoms with Gasteiger partial charge in [0.05, 0.1) is 0 Å². The van der Waals surface area contributed by atoms with E-state index in [-0.39, 0.29) is 5.82 Å². The molecule has 0 amide bonds. The predicted molar refractivity (Wildman–Crippen MR) is 70.4 cm³/mol. The molecule has 0 bridgehead atoms. The zero-order chi connectivity index (χ0) is 12.7. The van der Waals surface area contributed by atoms with Crippen LogP contribution >= 0.6 is 0 Å². The molecule has 1 aromatic rings. The first kappa shape index (κ1) is 14.1. The summed E-state index contributed by atoms with van der Waals surface area (Å²) in [6.45, 7) is 7.64. The van der Waals surface area contributed by atoms with Crippen LogP contribution in [-0.4, -0.2) is 24.5 Å². The molecular formula is C14H23FN2. The molecule has 0 aromatic heterocycles. The Hall–Kier alpha value is -0.930. The maximum Gasteiger partial charge on any atom is 0.123 e. The maximum absolute atomic E-state index is 13.0. The van der Waals surface area contributed by atoms with E-state index in [1.165, 1.54) is 24.5 Å². The van der Waals surface area contributed by atoms with Crippen LogP contribution in [0.2, 0.25) is 0 Å². The van der Waals surface area contributed by atoms with Gasteiger partial charge in [-0.2, -0.15) is 0 Å². The lowest BCUT2D eigenvalue weighted by Gasteiger charge is -2.22. The molecule has 0 heterocycles. The minimum absolute atomic E-state index is 0.162. The molecule has 17 heavy (non-hydrogen) atoms. The van der Waals surface area contributed by atoms with Gasteiger partial charge in [0.2, 0.25) is 0 Å². The van der Waals surface area contributed by atoms with Crippen LogP contribution in [0.5, 0.6) is 0 Å². The Morgan fingerprint density at radius 1 is 1.29 bits per heavy atom. The van der Waals surface area contributed by atoms with E-state index in [0.717, 1.165) is 25.2 Å². The third-order valence-electron chi connectivity index (χ3n) is 2.97. The standard InChI is InChI=1S/C14H23FN2/c1-3-4-8-17(9-7-16)11-13-5-6-14(15)10-12(13)2/h5-6,10H,3-4,7-9,11,16H2,1-2H3. The van der Waals surface area contributed by atoms with Gasteiger partial charge < -0.3 is 5.73 Å². The van der Waals surface area contributed by atoms with E-state index in [4.69, 9.17) is 5.73 Å². The molecule has 1 rings (SSSR count). The van der Waals surface area contributed by atoms with Crippen molar-refractivity contribution in [3.05, 3.63) is 35.1 Å². The first-order chi connectivity index (χ1) is 8.17. The highest BCUT2D eigenvalue weighted by Crippen LogP contribution is 2.13. The molecule has 2 N–H and O–H groups in total. The molecule has 0 unspecified atom stereocenters. The Labute approximate surface area is 104 Å². The van der Waals surface area contributed by atoms with Crippen molar-refractivity contribution >= 4 is 0 Å². The molecule has 2 nitrogen and oxygen atoms in total. The van der Waals surface area contributed by atoms with Crippen LogP contribution in [0.1, 0.15) is 30.9 Å². The zero-order valence-electron chi connectivity index (χ0n) is 10.9. The van der Waals surface area contributed by atoms with Crippen LogP contribution < -0.4 is 5.73 Å². The monoisotopic (exact) mass is 238 g/mol. The Morgan fingerprint density at radius 2 is 2.06 bits per heavy atom. The zero-order valence-corrected chi connectivity index (χ0v) is 10.9.